The molecule has 0 bridgehead atoms. The van der Waals surface area contributed by atoms with E-state index >= 15 is 0 Å². The van der Waals surface area contributed by atoms with E-state index in [1.807, 2.05) is 13.0 Å². The summed E-state index contributed by atoms with van der Waals surface area (Å²) < 4.78 is 6.86. The van der Waals surface area contributed by atoms with Crippen LogP contribution in [0.2, 0.25) is 0 Å². The number of hydrogen-bond acceptors (Lipinski definition) is 2. The van der Waals surface area contributed by atoms with Gasteiger partial charge >= 0.3 is 0 Å². The second kappa shape index (κ2) is 6.95. The van der Waals surface area contributed by atoms with Crippen LogP contribution in [0.25, 0.3) is 0 Å². The summed E-state index contributed by atoms with van der Waals surface area (Å²) in [6.45, 7) is 8.56. The predicted molar refractivity (Wildman–Crippen MR) is 88.4 cm³/mol. The van der Waals surface area contributed by atoms with Crippen molar-refractivity contribution in [3.8, 4) is 5.75 Å². The number of ether oxygens (including phenoxy) is 1. The molecule has 0 aliphatic heterocycles. The van der Waals surface area contributed by atoms with Gasteiger partial charge in [0, 0.05) is 17.1 Å². The molecule has 1 aliphatic rings. The molecule has 112 valence electrons. The molecule has 2 nitrogen and oxygen atoms in total. The van der Waals surface area contributed by atoms with Crippen molar-refractivity contribution in [2.45, 2.75) is 52.5 Å². The van der Waals surface area contributed by atoms with E-state index in [1.54, 1.807) is 0 Å². The molecule has 1 saturated carbocycles. The molecule has 1 aromatic rings. The first-order valence-corrected chi connectivity index (χ1v) is 8.44. The first-order chi connectivity index (χ1) is 9.50. The molecule has 0 spiro atoms. The number of aryl methyl sites for hydroxylation is 1. The molecule has 0 unspecified atom stereocenters. The zero-order valence-electron chi connectivity index (χ0n) is 12.8. The summed E-state index contributed by atoms with van der Waals surface area (Å²) in [6, 6.07) is 7.10. The fourth-order valence-electron chi connectivity index (χ4n) is 2.31. The van der Waals surface area contributed by atoms with Gasteiger partial charge in [0.05, 0.1) is 6.61 Å². The number of rotatable bonds is 8. The lowest BCUT2D eigenvalue weighted by molar-refractivity contribution is 0.306. The van der Waals surface area contributed by atoms with Gasteiger partial charge in [-0.3, -0.25) is 0 Å². The summed E-state index contributed by atoms with van der Waals surface area (Å²) in [4.78, 5) is 0. The predicted octanol–water partition coefficient (Wildman–Crippen LogP) is 4.56. The van der Waals surface area contributed by atoms with Crippen LogP contribution >= 0.6 is 15.9 Å². The SMILES string of the molecule is CCOc1ccc(Br)cc1CCC(C)(C)CNC1CC1. The molecule has 1 aromatic carbocycles. The van der Waals surface area contributed by atoms with E-state index in [2.05, 4.69) is 47.2 Å². The van der Waals surface area contributed by atoms with E-state index in [4.69, 9.17) is 4.74 Å². The van der Waals surface area contributed by atoms with E-state index in [0.29, 0.717) is 5.41 Å². The van der Waals surface area contributed by atoms with Crippen molar-refractivity contribution in [1.29, 1.82) is 0 Å². The quantitative estimate of drug-likeness (QED) is 0.749. The van der Waals surface area contributed by atoms with Crippen molar-refractivity contribution < 1.29 is 4.74 Å². The summed E-state index contributed by atoms with van der Waals surface area (Å²) >= 11 is 3.56. The van der Waals surface area contributed by atoms with Crippen LogP contribution in [0.15, 0.2) is 22.7 Å². The molecular weight excluding hydrogens is 314 g/mol. The number of benzene rings is 1. The van der Waals surface area contributed by atoms with E-state index in [9.17, 15) is 0 Å². The molecule has 0 radical (unpaired) electrons. The topological polar surface area (TPSA) is 21.3 Å². The van der Waals surface area contributed by atoms with Crippen molar-refractivity contribution in [3.05, 3.63) is 28.2 Å². The third-order valence-corrected chi connectivity index (χ3v) is 4.33. The fourth-order valence-corrected chi connectivity index (χ4v) is 2.72. The minimum absolute atomic E-state index is 0.328. The third kappa shape index (κ3) is 5.10. The van der Waals surface area contributed by atoms with Gasteiger partial charge in [-0.1, -0.05) is 29.8 Å². The molecule has 1 fully saturated rings. The van der Waals surface area contributed by atoms with Gasteiger partial charge in [-0.25, -0.2) is 0 Å². The minimum atomic E-state index is 0.328. The molecule has 2 rings (SSSR count). The zero-order valence-corrected chi connectivity index (χ0v) is 14.4. The van der Waals surface area contributed by atoms with E-state index in [0.717, 1.165) is 35.8 Å². The van der Waals surface area contributed by atoms with Crippen molar-refractivity contribution in [3.63, 3.8) is 0 Å². The standard InChI is InChI=1S/C17H26BrNO/c1-4-20-16-8-5-14(18)11-13(16)9-10-17(2,3)12-19-15-6-7-15/h5,8,11,15,19H,4,6-7,9-10,12H2,1-3H3. The average molecular weight is 340 g/mol. The molecule has 0 heterocycles. The Hall–Kier alpha value is -0.540. The maximum absolute atomic E-state index is 5.73. The van der Waals surface area contributed by atoms with Gasteiger partial charge in [0.25, 0.3) is 0 Å². The number of halogens is 1. The minimum Gasteiger partial charge on any atom is -0.494 e. The number of hydrogen-bond donors (Lipinski definition) is 1. The summed E-state index contributed by atoms with van der Waals surface area (Å²) in [5, 5.41) is 3.64. The molecule has 0 aromatic heterocycles. The van der Waals surface area contributed by atoms with Crippen LogP contribution in [0.4, 0.5) is 0 Å². The van der Waals surface area contributed by atoms with Gasteiger partial charge in [0.2, 0.25) is 0 Å². The Bertz CT molecular complexity index is 441. The lowest BCUT2D eigenvalue weighted by Crippen LogP contribution is -2.31. The molecule has 0 atom stereocenters. The Kier molecular flexibility index (Phi) is 5.50. The number of nitrogens with one attached hydrogen (secondary N) is 1. The van der Waals surface area contributed by atoms with Crippen LogP contribution in [0.5, 0.6) is 5.75 Å². The molecule has 1 aliphatic carbocycles. The third-order valence-electron chi connectivity index (χ3n) is 3.84. The van der Waals surface area contributed by atoms with Crippen molar-refractivity contribution >= 4 is 15.9 Å². The van der Waals surface area contributed by atoms with Gasteiger partial charge in [0.15, 0.2) is 0 Å². The van der Waals surface area contributed by atoms with Gasteiger partial charge in [-0.15, -0.1) is 0 Å². The maximum Gasteiger partial charge on any atom is 0.122 e. The van der Waals surface area contributed by atoms with Gasteiger partial charge in [0.1, 0.15) is 5.75 Å². The van der Waals surface area contributed by atoms with Crippen LogP contribution in [0, 0.1) is 5.41 Å². The van der Waals surface area contributed by atoms with Crippen LogP contribution < -0.4 is 10.1 Å². The van der Waals surface area contributed by atoms with Crippen molar-refractivity contribution in [2.24, 2.45) is 5.41 Å². The average Bonchev–Trinajstić information content (AvgIpc) is 3.21. The van der Waals surface area contributed by atoms with Crippen LogP contribution in [-0.4, -0.2) is 19.2 Å². The maximum atomic E-state index is 5.73. The molecular formula is C17H26BrNO. The summed E-state index contributed by atoms with van der Waals surface area (Å²) in [5.41, 5.74) is 1.63. The van der Waals surface area contributed by atoms with E-state index in [1.165, 1.54) is 24.8 Å². The highest BCUT2D eigenvalue weighted by Gasteiger charge is 2.25. The smallest absolute Gasteiger partial charge is 0.122 e. The molecule has 0 amide bonds. The van der Waals surface area contributed by atoms with E-state index < -0.39 is 0 Å². The largest absolute Gasteiger partial charge is 0.494 e. The van der Waals surface area contributed by atoms with Crippen LogP contribution in [0.3, 0.4) is 0 Å². The van der Waals surface area contributed by atoms with Crippen molar-refractivity contribution in [1.82, 2.24) is 5.32 Å². The highest BCUT2D eigenvalue weighted by Crippen LogP contribution is 2.29. The fraction of sp³-hybridized carbons (Fsp3) is 0.647. The lowest BCUT2D eigenvalue weighted by atomic mass is 9.86. The summed E-state index contributed by atoms with van der Waals surface area (Å²) in [5.74, 6) is 1.03. The van der Waals surface area contributed by atoms with Crippen LogP contribution in [-0.2, 0) is 6.42 Å². The Morgan fingerprint density at radius 1 is 1.35 bits per heavy atom. The lowest BCUT2D eigenvalue weighted by Gasteiger charge is -2.25. The van der Waals surface area contributed by atoms with Gasteiger partial charge in [-0.2, -0.15) is 0 Å². The molecule has 1 N–H and O–H groups in total. The Labute approximate surface area is 131 Å². The normalized spacial score (nSPS) is 15.4. The highest BCUT2D eigenvalue weighted by molar-refractivity contribution is 9.10. The molecule has 3 heteroatoms. The molecule has 0 saturated heterocycles. The van der Waals surface area contributed by atoms with Crippen LogP contribution in [0.1, 0.15) is 45.6 Å². The Balaban J connectivity index is 1.92. The Morgan fingerprint density at radius 3 is 2.75 bits per heavy atom. The summed E-state index contributed by atoms with van der Waals surface area (Å²) in [7, 11) is 0. The second-order valence-corrected chi connectivity index (χ2v) is 7.42. The zero-order chi connectivity index (χ0) is 14.6. The van der Waals surface area contributed by atoms with E-state index in [-0.39, 0.29) is 0 Å². The van der Waals surface area contributed by atoms with Crippen molar-refractivity contribution in [2.75, 3.05) is 13.2 Å². The monoisotopic (exact) mass is 339 g/mol. The Morgan fingerprint density at radius 2 is 2.10 bits per heavy atom. The molecule has 20 heavy (non-hydrogen) atoms. The highest BCUT2D eigenvalue weighted by atomic mass is 79.9. The first kappa shape index (κ1) is 15.8. The first-order valence-electron chi connectivity index (χ1n) is 7.65. The second-order valence-electron chi connectivity index (χ2n) is 6.50. The van der Waals surface area contributed by atoms with Gasteiger partial charge in [-0.05, 0) is 61.8 Å². The van der Waals surface area contributed by atoms with Gasteiger partial charge < -0.3 is 10.1 Å². The summed E-state index contributed by atoms with van der Waals surface area (Å²) in [6.07, 6.45) is 4.95.